The SMILES string of the molecule is O=C(Oc1ccc([N+](=O)[O-])cc1)OC1C[C@@H]2OCOCO[C@@H]2C1. The molecule has 3 atom stereocenters. The molecule has 0 N–H and O–H groups in total. The Bertz CT molecular complexity index is 561. The number of fused-ring (bicyclic) bond motifs is 1. The highest BCUT2D eigenvalue weighted by molar-refractivity contribution is 5.64. The average Bonchev–Trinajstić information content (AvgIpc) is 2.76. The van der Waals surface area contributed by atoms with Crippen LogP contribution < -0.4 is 4.74 Å². The van der Waals surface area contributed by atoms with Crippen LogP contribution in [0.3, 0.4) is 0 Å². The molecule has 1 aromatic carbocycles. The quantitative estimate of drug-likeness (QED) is 0.359. The number of benzene rings is 1. The molecule has 124 valence electrons. The molecule has 0 spiro atoms. The fraction of sp³-hybridized carbons (Fsp3) is 0.500. The number of nitrogens with zero attached hydrogens (tertiary/aromatic N) is 1. The fourth-order valence-corrected chi connectivity index (χ4v) is 2.56. The summed E-state index contributed by atoms with van der Waals surface area (Å²) in [6.45, 7) is 0.308. The monoisotopic (exact) mass is 325 g/mol. The number of nitro benzene ring substituents is 1. The second kappa shape index (κ2) is 6.90. The van der Waals surface area contributed by atoms with Gasteiger partial charge in [-0.3, -0.25) is 10.1 Å². The van der Waals surface area contributed by atoms with Gasteiger partial charge in [0, 0.05) is 25.0 Å². The third-order valence-electron chi connectivity index (χ3n) is 3.65. The van der Waals surface area contributed by atoms with E-state index in [1.165, 1.54) is 24.3 Å². The Labute approximate surface area is 131 Å². The van der Waals surface area contributed by atoms with E-state index in [4.69, 9.17) is 23.7 Å². The third kappa shape index (κ3) is 3.95. The smallest absolute Gasteiger partial charge is 0.430 e. The Morgan fingerprint density at radius 1 is 1.13 bits per heavy atom. The molecule has 1 saturated heterocycles. The van der Waals surface area contributed by atoms with Crippen LogP contribution in [-0.2, 0) is 18.9 Å². The molecule has 0 radical (unpaired) electrons. The van der Waals surface area contributed by atoms with Crippen molar-refractivity contribution in [2.24, 2.45) is 0 Å². The van der Waals surface area contributed by atoms with Gasteiger partial charge in [-0.15, -0.1) is 0 Å². The van der Waals surface area contributed by atoms with Crippen molar-refractivity contribution < 1.29 is 33.4 Å². The van der Waals surface area contributed by atoms with Crippen LogP contribution in [-0.4, -0.2) is 43.0 Å². The maximum atomic E-state index is 11.8. The lowest BCUT2D eigenvalue weighted by Gasteiger charge is -2.12. The van der Waals surface area contributed by atoms with Crippen LogP contribution in [0.25, 0.3) is 0 Å². The van der Waals surface area contributed by atoms with Crippen molar-refractivity contribution in [2.45, 2.75) is 31.2 Å². The highest BCUT2D eigenvalue weighted by Gasteiger charge is 2.39. The van der Waals surface area contributed by atoms with Gasteiger partial charge in [-0.25, -0.2) is 4.79 Å². The van der Waals surface area contributed by atoms with Crippen LogP contribution in [0, 0.1) is 10.1 Å². The number of carbonyl (C=O) groups excluding carboxylic acids is 1. The molecule has 1 aliphatic carbocycles. The molecule has 2 aliphatic rings. The molecular weight excluding hydrogens is 310 g/mol. The topological polar surface area (TPSA) is 106 Å². The number of nitro groups is 1. The Morgan fingerprint density at radius 2 is 1.74 bits per heavy atom. The second-order valence-electron chi connectivity index (χ2n) is 5.16. The van der Waals surface area contributed by atoms with E-state index in [-0.39, 0.29) is 43.3 Å². The van der Waals surface area contributed by atoms with Crippen LogP contribution in [0.15, 0.2) is 24.3 Å². The first-order valence-electron chi connectivity index (χ1n) is 7.05. The van der Waals surface area contributed by atoms with Gasteiger partial charge in [-0.2, -0.15) is 0 Å². The van der Waals surface area contributed by atoms with Gasteiger partial charge in [0.25, 0.3) is 5.69 Å². The fourth-order valence-electron chi connectivity index (χ4n) is 2.56. The van der Waals surface area contributed by atoms with Crippen LogP contribution in [0.1, 0.15) is 12.8 Å². The van der Waals surface area contributed by atoms with E-state index in [1.54, 1.807) is 0 Å². The zero-order valence-electron chi connectivity index (χ0n) is 12.1. The minimum absolute atomic E-state index is 0.0850. The van der Waals surface area contributed by atoms with Crippen molar-refractivity contribution in [2.75, 3.05) is 13.6 Å². The van der Waals surface area contributed by atoms with Crippen molar-refractivity contribution in [1.29, 1.82) is 0 Å². The van der Waals surface area contributed by atoms with E-state index in [1.807, 2.05) is 0 Å². The van der Waals surface area contributed by atoms with Crippen LogP contribution >= 0.6 is 0 Å². The van der Waals surface area contributed by atoms with Crippen LogP contribution in [0.4, 0.5) is 10.5 Å². The number of non-ortho nitro benzene ring substituents is 1. The van der Waals surface area contributed by atoms with Gasteiger partial charge in [-0.05, 0) is 12.1 Å². The molecule has 0 bridgehead atoms. The van der Waals surface area contributed by atoms with E-state index in [9.17, 15) is 14.9 Å². The van der Waals surface area contributed by atoms with E-state index in [0.717, 1.165) is 0 Å². The standard InChI is InChI=1S/C14H15NO8/c16-14(22-10-3-1-9(2-4-10)15(17)18)23-11-5-12-13(6-11)21-8-19-7-20-12/h1-4,11-13H,5-8H2/t11?,12-,13+. The Balaban J connectivity index is 1.50. The molecule has 0 amide bonds. The largest absolute Gasteiger partial charge is 0.514 e. The molecule has 0 aromatic heterocycles. The van der Waals surface area contributed by atoms with Gasteiger partial charge in [0.15, 0.2) is 0 Å². The van der Waals surface area contributed by atoms with Gasteiger partial charge < -0.3 is 23.7 Å². The molecule has 9 heteroatoms. The average molecular weight is 325 g/mol. The Morgan fingerprint density at radius 3 is 2.30 bits per heavy atom. The Hall–Kier alpha value is -2.23. The van der Waals surface area contributed by atoms with Gasteiger partial charge in [0.05, 0.1) is 17.1 Å². The lowest BCUT2D eigenvalue weighted by atomic mass is 10.3. The molecular formula is C14H15NO8. The summed E-state index contributed by atoms with van der Waals surface area (Å²) >= 11 is 0. The van der Waals surface area contributed by atoms with Gasteiger partial charge >= 0.3 is 6.16 Å². The number of carbonyl (C=O) groups is 1. The number of hydrogen-bond acceptors (Lipinski definition) is 8. The van der Waals surface area contributed by atoms with Crippen LogP contribution in [0.5, 0.6) is 5.75 Å². The van der Waals surface area contributed by atoms with Crippen molar-refractivity contribution in [3.05, 3.63) is 34.4 Å². The molecule has 3 rings (SSSR count). The molecule has 1 aliphatic heterocycles. The van der Waals surface area contributed by atoms with E-state index in [2.05, 4.69) is 0 Å². The van der Waals surface area contributed by atoms with Crippen molar-refractivity contribution in [3.63, 3.8) is 0 Å². The summed E-state index contributed by atoms with van der Waals surface area (Å²) in [6.07, 6.45) is -0.568. The first kappa shape index (κ1) is 15.7. The molecule has 1 aromatic rings. The molecule has 1 unspecified atom stereocenters. The summed E-state index contributed by atoms with van der Waals surface area (Å²) in [4.78, 5) is 21.8. The number of hydrogen-bond donors (Lipinski definition) is 0. The van der Waals surface area contributed by atoms with E-state index >= 15 is 0 Å². The minimum Gasteiger partial charge on any atom is -0.430 e. The predicted molar refractivity (Wildman–Crippen MR) is 73.8 cm³/mol. The summed E-state index contributed by atoms with van der Waals surface area (Å²) in [5.74, 6) is 0.175. The van der Waals surface area contributed by atoms with Gasteiger partial charge in [0.1, 0.15) is 25.4 Å². The lowest BCUT2D eigenvalue weighted by molar-refractivity contribution is -0.384. The zero-order chi connectivity index (χ0) is 16.2. The van der Waals surface area contributed by atoms with Crippen molar-refractivity contribution >= 4 is 11.8 Å². The highest BCUT2D eigenvalue weighted by atomic mass is 16.8. The van der Waals surface area contributed by atoms with E-state index < -0.39 is 11.1 Å². The first-order chi connectivity index (χ1) is 11.1. The third-order valence-corrected chi connectivity index (χ3v) is 3.65. The number of ether oxygens (including phenoxy) is 5. The maximum absolute atomic E-state index is 11.8. The lowest BCUT2D eigenvalue weighted by Crippen LogP contribution is -2.23. The normalized spacial score (nSPS) is 26.9. The maximum Gasteiger partial charge on any atom is 0.514 e. The van der Waals surface area contributed by atoms with Crippen LogP contribution in [0.2, 0.25) is 0 Å². The Kier molecular flexibility index (Phi) is 4.70. The van der Waals surface area contributed by atoms with Crippen molar-refractivity contribution in [1.82, 2.24) is 0 Å². The molecule has 1 heterocycles. The summed E-state index contributed by atoms with van der Waals surface area (Å²) in [6, 6.07) is 5.17. The predicted octanol–water partition coefficient (Wildman–Crippen LogP) is 1.99. The highest BCUT2D eigenvalue weighted by Crippen LogP contribution is 2.29. The first-order valence-corrected chi connectivity index (χ1v) is 7.05. The summed E-state index contributed by atoms with van der Waals surface area (Å²) < 4.78 is 26.2. The number of rotatable bonds is 3. The summed E-state index contributed by atoms with van der Waals surface area (Å²) in [7, 11) is 0. The summed E-state index contributed by atoms with van der Waals surface area (Å²) in [5.41, 5.74) is -0.0850. The van der Waals surface area contributed by atoms with Crippen molar-refractivity contribution in [3.8, 4) is 5.75 Å². The summed E-state index contributed by atoms with van der Waals surface area (Å²) in [5, 5.41) is 10.6. The molecule has 1 saturated carbocycles. The molecule has 23 heavy (non-hydrogen) atoms. The molecule has 9 nitrogen and oxygen atoms in total. The molecule has 2 fully saturated rings. The van der Waals surface area contributed by atoms with E-state index in [0.29, 0.717) is 12.8 Å². The zero-order valence-corrected chi connectivity index (χ0v) is 12.1. The second-order valence-corrected chi connectivity index (χ2v) is 5.16. The van der Waals surface area contributed by atoms with Gasteiger partial charge in [-0.1, -0.05) is 0 Å². The minimum atomic E-state index is -0.864. The van der Waals surface area contributed by atoms with Gasteiger partial charge in [0.2, 0.25) is 0 Å².